The second-order valence-electron chi connectivity index (χ2n) is 5.99. The molecule has 0 spiro atoms. The van der Waals surface area contributed by atoms with Crippen LogP contribution in [-0.4, -0.2) is 15.8 Å². The Kier molecular flexibility index (Phi) is 5.20. The van der Waals surface area contributed by atoms with Crippen LogP contribution in [0.4, 0.5) is 16.2 Å². The number of amides is 2. The molecule has 0 aliphatic rings. The van der Waals surface area contributed by atoms with Crippen molar-refractivity contribution >= 4 is 40.6 Å². The zero-order valence-electron chi connectivity index (χ0n) is 14.6. The van der Waals surface area contributed by atoms with Crippen molar-refractivity contribution in [2.75, 3.05) is 10.6 Å². The number of rotatable bonds is 3. The lowest BCUT2D eigenvalue weighted by Gasteiger charge is -2.12. The molecule has 5 nitrogen and oxygen atoms in total. The normalized spacial score (nSPS) is 10.7. The van der Waals surface area contributed by atoms with Gasteiger partial charge in [0.15, 0.2) is 0 Å². The predicted octanol–water partition coefficient (Wildman–Crippen LogP) is 5.65. The van der Waals surface area contributed by atoms with E-state index in [9.17, 15) is 4.79 Å². The number of hydrogen-bond donors (Lipinski definition) is 2. The van der Waals surface area contributed by atoms with Gasteiger partial charge in [0, 0.05) is 29.0 Å². The minimum absolute atomic E-state index is 0.339. The summed E-state index contributed by atoms with van der Waals surface area (Å²) in [5.74, 6) is 0. The summed E-state index contributed by atoms with van der Waals surface area (Å²) in [6, 6.07) is 12.2. The number of hydrogen-bond acceptors (Lipinski definition) is 2. The van der Waals surface area contributed by atoms with Crippen molar-refractivity contribution in [2.45, 2.75) is 13.8 Å². The van der Waals surface area contributed by atoms with Gasteiger partial charge in [-0.2, -0.15) is 5.10 Å². The number of anilines is 2. The van der Waals surface area contributed by atoms with Crippen LogP contribution in [0.2, 0.25) is 10.0 Å². The van der Waals surface area contributed by atoms with Crippen molar-refractivity contribution in [1.82, 2.24) is 9.78 Å². The van der Waals surface area contributed by atoms with Crippen LogP contribution in [0, 0.1) is 13.8 Å². The van der Waals surface area contributed by atoms with E-state index in [4.69, 9.17) is 23.2 Å². The molecule has 0 bridgehead atoms. The Morgan fingerprint density at radius 3 is 2.23 bits per heavy atom. The van der Waals surface area contributed by atoms with E-state index >= 15 is 0 Å². The first-order chi connectivity index (χ1) is 12.3. The Morgan fingerprint density at radius 1 is 1.00 bits per heavy atom. The van der Waals surface area contributed by atoms with E-state index in [1.165, 1.54) is 0 Å². The predicted molar refractivity (Wildman–Crippen MR) is 107 cm³/mol. The van der Waals surface area contributed by atoms with E-state index in [0.29, 0.717) is 21.4 Å². The number of urea groups is 1. The van der Waals surface area contributed by atoms with E-state index in [-0.39, 0.29) is 6.03 Å². The molecule has 0 fully saturated rings. The quantitative estimate of drug-likeness (QED) is 0.608. The lowest BCUT2D eigenvalue weighted by molar-refractivity contribution is 0.262. The molecule has 0 aliphatic heterocycles. The molecular weight excluding hydrogens is 371 g/mol. The van der Waals surface area contributed by atoms with Gasteiger partial charge in [0.05, 0.1) is 16.4 Å². The minimum atomic E-state index is -0.339. The Balaban J connectivity index is 1.83. The van der Waals surface area contributed by atoms with Gasteiger partial charge in [0.1, 0.15) is 0 Å². The molecule has 1 heterocycles. The highest BCUT2D eigenvalue weighted by molar-refractivity contribution is 6.33. The first-order valence-corrected chi connectivity index (χ1v) is 8.74. The molecule has 0 atom stereocenters. The highest BCUT2D eigenvalue weighted by atomic mass is 35.5. The van der Waals surface area contributed by atoms with Crippen LogP contribution in [-0.2, 0) is 7.05 Å². The fourth-order valence-electron chi connectivity index (χ4n) is 2.71. The van der Waals surface area contributed by atoms with Gasteiger partial charge < -0.3 is 10.6 Å². The molecule has 3 rings (SSSR count). The maximum Gasteiger partial charge on any atom is 0.323 e. The number of benzene rings is 2. The number of nitrogens with zero attached hydrogens (tertiary/aromatic N) is 2. The van der Waals surface area contributed by atoms with Crippen LogP contribution in [0.15, 0.2) is 42.5 Å². The summed E-state index contributed by atoms with van der Waals surface area (Å²) in [6.07, 6.45) is 0. The van der Waals surface area contributed by atoms with Crippen molar-refractivity contribution in [3.8, 4) is 11.3 Å². The fourth-order valence-corrected chi connectivity index (χ4v) is 3.09. The lowest BCUT2D eigenvalue weighted by atomic mass is 10.0. The van der Waals surface area contributed by atoms with E-state index in [1.54, 1.807) is 28.9 Å². The van der Waals surface area contributed by atoms with E-state index < -0.39 is 0 Å². The van der Waals surface area contributed by atoms with Crippen molar-refractivity contribution < 1.29 is 4.79 Å². The van der Waals surface area contributed by atoms with Gasteiger partial charge in [0.2, 0.25) is 0 Å². The van der Waals surface area contributed by atoms with Gasteiger partial charge in [-0.05, 0) is 55.8 Å². The fraction of sp³-hybridized carbons (Fsp3) is 0.158. The molecule has 0 aliphatic carbocycles. The molecule has 134 valence electrons. The lowest BCUT2D eigenvalue weighted by Crippen LogP contribution is -2.19. The highest BCUT2D eigenvalue weighted by Crippen LogP contribution is 2.33. The molecule has 2 amide bonds. The van der Waals surface area contributed by atoms with E-state index in [0.717, 1.165) is 22.5 Å². The Labute approximate surface area is 161 Å². The molecule has 0 saturated heterocycles. The van der Waals surface area contributed by atoms with Crippen LogP contribution >= 0.6 is 23.2 Å². The third kappa shape index (κ3) is 3.84. The summed E-state index contributed by atoms with van der Waals surface area (Å²) in [4.78, 5) is 12.2. The smallest absolute Gasteiger partial charge is 0.308 e. The number of carbonyl (C=O) groups excluding carboxylic acids is 1. The number of halogens is 2. The minimum Gasteiger partial charge on any atom is -0.308 e. The molecule has 3 aromatic rings. The summed E-state index contributed by atoms with van der Waals surface area (Å²) in [5, 5.41) is 11.2. The largest absolute Gasteiger partial charge is 0.323 e. The summed E-state index contributed by atoms with van der Waals surface area (Å²) in [6.45, 7) is 3.86. The molecular formula is C19H18Cl2N4O. The zero-order valence-corrected chi connectivity index (χ0v) is 16.1. The summed E-state index contributed by atoms with van der Waals surface area (Å²) < 4.78 is 1.75. The van der Waals surface area contributed by atoms with Crippen LogP contribution in [0.5, 0.6) is 0 Å². The van der Waals surface area contributed by atoms with Crippen LogP contribution in [0.25, 0.3) is 11.3 Å². The number of nitrogens with one attached hydrogen (secondary N) is 2. The van der Waals surface area contributed by atoms with Crippen molar-refractivity contribution in [3.05, 3.63) is 63.8 Å². The molecule has 26 heavy (non-hydrogen) atoms. The van der Waals surface area contributed by atoms with E-state index in [1.807, 2.05) is 39.1 Å². The number of carbonyl (C=O) groups is 1. The average Bonchev–Trinajstić information content (AvgIpc) is 2.84. The van der Waals surface area contributed by atoms with Gasteiger partial charge in [-0.15, -0.1) is 0 Å². The van der Waals surface area contributed by atoms with Crippen LogP contribution in [0.1, 0.15) is 11.3 Å². The Morgan fingerprint density at radius 2 is 1.62 bits per heavy atom. The second kappa shape index (κ2) is 7.40. The maximum atomic E-state index is 12.2. The number of aryl methyl sites for hydroxylation is 3. The molecule has 7 heteroatoms. The third-order valence-corrected chi connectivity index (χ3v) is 4.71. The van der Waals surface area contributed by atoms with Crippen molar-refractivity contribution in [3.63, 3.8) is 0 Å². The third-order valence-electron chi connectivity index (χ3n) is 4.00. The van der Waals surface area contributed by atoms with Crippen LogP contribution < -0.4 is 10.6 Å². The van der Waals surface area contributed by atoms with Gasteiger partial charge >= 0.3 is 6.03 Å². The maximum absolute atomic E-state index is 12.2. The first-order valence-electron chi connectivity index (χ1n) is 7.99. The summed E-state index contributed by atoms with van der Waals surface area (Å²) in [7, 11) is 1.85. The molecule has 0 unspecified atom stereocenters. The molecule has 1 aromatic heterocycles. The Bertz CT molecular complexity index is 964. The average molecular weight is 389 g/mol. The van der Waals surface area contributed by atoms with Gasteiger partial charge in [0.25, 0.3) is 0 Å². The molecule has 0 radical (unpaired) electrons. The monoisotopic (exact) mass is 388 g/mol. The van der Waals surface area contributed by atoms with Gasteiger partial charge in [-0.3, -0.25) is 4.68 Å². The summed E-state index contributed by atoms with van der Waals surface area (Å²) in [5.41, 5.74) is 4.86. The van der Waals surface area contributed by atoms with Gasteiger partial charge in [-0.1, -0.05) is 29.3 Å². The SMILES string of the molecule is Cc1ccc(NC(=O)Nc2ccc(Cl)cc2)cc1-c1c(Cl)c(C)nn1C. The molecule has 2 aromatic carbocycles. The van der Waals surface area contributed by atoms with Crippen molar-refractivity contribution in [2.24, 2.45) is 7.05 Å². The molecule has 0 saturated carbocycles. The first kappa shape index (κ1) is 18.3. The second-order valence-corrected chi connectivity index (χ2v) is 6.80. The molecule has 2 N–H and O–H groups in total. The highest BCUT2D eigenvalue weighted by Gasteiger charge is 2.16. The topological polar surface area (TPSA) is 59.0 Å². The van der Waals surface area contributed by atoms with E-state index in [2.05, 4.69) is 15.7 Å². The van der Waals surface area contributed by atoms with Crippen LogP contribution in [0.3, 0.4) is 0 Å². The standard InChI is InChI=1S/C19H18Cl2N4O/c1-11-4-7-15(10-16(11)18-17(21)12(2)24-25(18)3)23-19(26)22-14-8-5-13(20)6-9-14/h4-10H,1-3H3,(H2,22,23,26). The van der Waals surface area contributed by atoms with Crippen molar-refractivity contribution in [1.29, 1.82) is 0 Å². The van der Waals surface area contributed by atoms with Gasteiger partial charge in [-0.25, -0.2) is 4.79 Å². The number of aromatic nitrogens is 2. The zero-order chi connectivity index (χ0) is 18.8. The summed E-state index contributed by atoms with van der Waals surface area (Å²) >= 11 is 12.3. The Hall–Kier alpha value is -2.50.